The summed E-state index contributed by atoms with van der Waals surface area (Å²) >= 11 is 0. The minimum Gasteiger partial charge on any atom is -0.494 e. The molecule has 2 saturated heterocycles. The first-order chi connectivity index (χ1) is 13.8. The number of hydrogen-bond acceptors (Lipinski definition) is 6. The number of nitrogens with zero attached hydrogens (tertiary/aromatic N) is 5. The molecule has 4 heterocycles. The standard InChI is InChI=1S/C19H21F3N6O/c1-29-14-4-2-3-11-15(14)24-18(23)28-17(11)25-16(26-28)12-7-10-5-6-13(12)27(8-10)9-19(20,21)22/h2-4,10,12-13H,5-9H2,1H3,(H2,23,24)/t10?,12-,13+/m1/s1. The van der Waals surface area contributed by atoms with Gasteiger partial charge in [-0.1, -0.05) is 6.07 Å². The first-order valence-corrected chi connectivity index (χ1v) is 9.63. The number of fused-ring (bicyclic) bond motifs is 6. The van der Waals surface area contributed by atoms with Gasteiger partial charge in [-0.05, 0) is 37.3 Å². The molecule has 1 unspecified atom stereocenters. The fraction of sp³-hybridized carbons (Fsp3) is 0.526. The normalized spacial score (nSPS) is 25.2. The van der Waals surface area contributed by atoms with Crippen LogP contribution in [-0.4, -0.2) is 56.9 Å². The molecule has 0 amide bonds. The maximum atomic E-state index is 13.0. The van der Waals surface area contributed by atoms with E-state index in [4.69, 9.17) is 15.5 Å². The van der Waals surface area contributed by atoms with Crippen molar-refractivity contribution in [3.05, 3.63) is 24.0 Å². The Morgan fingerprint density at radius 3 is 2.79 bits per heavy atom. The molecule has 6 rings (SSSR count). The van der Waals surface area contributed by atoms with Crippen molar-refractivity contribution in [2.24, 2.45) is 5.92 Å². The van der Waals surface area contributed by atoms with E-state index in [1.54, 1.807) is 18.1 Å². The molecule has 7 nitrogen and oxygen atoms in total. The van der Waals surface area contributed by atoms with Crippen LogP contribution in [0.3, 0.4) is 0 Å². The SMILES string of the molecule is COc1cccc2c1nc(N)n1nc([C@@H]3CC4CC[C@@H]3N(CC(F)(F)F)C4)nc21. The highest BCUT2D eigenvalue weighted by Gasteiger charge is 2.46. The van der Waals surface area contributed by atoms with Crippen LogP contribution >= 0.6 is 0 Å². The summed E-state index contributed by atoms with van der Waals surface area (Å²) in [5.41, 5.74) is 7.24. The molecule has 0 radical (unpaired) electrons. The maximum absolute atomic E-state index is 13.0. The van der Waals surface area contributed by atoms with Crippen LogP contribution < -0.4 is 10.5 Å². The molecule has 29 heavy (non-hydrogen) atoms. The molecule has 3 aromatic rings. The molecule has 10 heteroatoms. The third-order valence-electron chi connectivity index (χ3n) is 6.12. The Morgan fingerprint density at radius 1 is 1.24 bits per heavy atom. The number of benzene rings is 1. The van der Waals surface area contributed by atoms with E-state index in [9.17, 15) is 13.2 Å². The number of ether oxygens (including phenoxy) is 1. The van der Waals surface area contributed by atoms with E-state index >= 15 is 0 Å². The summed E-state index contributed by atoms with van der Waals surface area (Å²) < 4.78 is 46.0. The van der Waals surface area contributed by atoms with Gasteiger partial charge < -0.3 is 10.5 Å². The molecular formula is C19H21F3N6O. The topological polar surface area (TPSA) is 81.6 Å². The number of aromatic nitrogens is 4. The number of rotatable bonds is 3. The quantitative estimate of drug-likeness (QED) is 0.720. The summed E-state index contributed by atoms with van der Waals surface area (Å²) in [5, 5.41) is 5.30. The molecule has 2 bridgehead atoms. The second-order valence-electron chi connectivity index (χ2n) is 7.93. The van der Waals surface area contributed by atoms with Crippen molar-refractivity contribution in [1.29, 1.82) is 0 Å². The van der Waals surface area contributed by atoms with Crippen molar-refractivity contribution in [1.82, 2.24) is 24.5 Å². The van der Waals surface area contributed by atoms with Crippen LogP contribution in [-0.2, 0) is 0 Å². The van der Waals surface area contributed by atoms with Gasteiger partial charge >= 0.3 is 6.18 Å². The number of piperidine rings is 2. The van der Waals surface area contributed by atoms with Crippen molar-refractivity contribution < 1.29 is 17.9 Å². The van der Waals surface area contributed by atoms with Crippen molar-refractivity contribution in [2.45, 2.75) is 37.4 Å². The molecule has 154 valence electrons. The second-order valence-corrected chi connectivity index (χ2v) is 7.93. The highest BCUT2D eigenvalue weighted by Crippen LogP contribution is 2.44. The van der Waals surface area contributed by atoms with Gasteiger partial charge in [-0.3, -0.25) is 4.90 Å². The molecule has 3 atom stereocenters. The van der Waals surface area contributed by atoms with E-state index in [2.05, 4.69) is 10.1 Å². The van der Waals surface area contributed by atoms with E-state index in [1.165, 1.54) is 4.52 Å². The zero-order valence-electron chi connectivity index (χ0n) is 15.9. The number of halogens is 3. The number of methoxy groups -OCH3 is 1. The Bertz CT molecular complexity index is 1080. The monoisotopic (exact) mass is 406 g/mol. The predicted molar refractivity (Wildman–Crippen MR) is 101 cm³/mol. The molecule has 0 spiro atoms. The van der Waals surface area contributed by atoms with Gasteiger partial charge in [0.15, 0.2) is 11.5 Å². The minimum atomic E-state index is -4.21. The van der Waals surface area contributed by atoms with Gasteiger partial charge in [-0.15, -0.1) is 5.10 Å². The molecule has 2 N–H and O–H groups in total. The largest absolute Gasteiger partial charge is 0.494 e. The van der Waals surface area contributed by atoms with Gasteiger partial charge in [0, 0.05) is 23.9 Å². The smallest absolute Gasteiger partial charge is 0.401 e. The van der Waals surface area contributed by atoms with Crippen molar-refractivity contribution >= 4 is 22.5 Å². The average Bonchev–Trinajstić information content (AvgIpc) is 3.13. The summed E-state index contributed by atoms with van der Waals surface area (Å²) in [6.07, 6.45) is -1.74. The van der Waals surface area contributed by atoms with Crippen LogP contribution in [0.1, 0.15) is 31.0 Å². The van der Waals surface area contributed by atoms with E-state index in [0.29, 0.717) is 29.3 Å². The van der Waals surface area contributed by atoms with E-state index in [0.717, 1.165) is 24.6 Å². The molecule has 3 fully saturated rings. The zero-order chi connectivity index (χ0) is 20.3. The van der Waals surface area contributed by atoms with Crippen LogP contribution in [0, 0.1) is 5.92 Å². The van der Waals surface area contributed by atoms with Gasteiger partial charge in [0.25, 0.3) is 0 Å². The Balaban J connectivity index is 1.59. The number of anilines is 1. The van der Waals surface area contributed by atoms with Gasteiger partial charge in [-0.25, -0.2) is 9.97 Å². The Morgan fingerprint density at radius 2 is 2.07 bits per heavy atom. The number of para-hydroxylation sites is 1. The van der Waals surface area contributed by atoms with Crippen LogP contribution in [0.25, 0.3) is 16.6 Å². The molecular weight excluding hydrogens is 385 g/mol. The van der Waals surface area contributed by atoms with Crippen molar-refractivity contribution in [2.75, 3.05) is 25.9 Å². The summed E-state index contributed by atoms with van der Waals surface area (Å²) in [6.45, 7) is -0.403. The first kappa shape index (κ1) is 18.4. The Hall–Kier alpha value is -2.62. The summed E-state index contributed by atoms with van der Waals surface area (Å²) in [7, 11) is 1.56. The molecule has 2 aromatic heterocycles. The number of nitrogen functional groups attached to an aromatic ring is 1. The van der Waals surface area contributed by atoms with Gasteiger partial charge in [0.05, 0.1) is 13.7 Å². The highest BCUT2D eigenvalue weighted by molar-refractivity contribution is 5.95. The van der Waals surface area contributed by atoms with Crippen molar-refractivity contribution in [3.8, 4) is 5.75 Å². The molecule has 1 aromatic carbocycles. The Labute approximate surface area is 164 Å². The molecule has 1 aliphatic carbocycles. The lowest BCUT2D eigenvalue weighted by molar-refractivity contribution is -0.162. The third-order valence-corrected chi connectivity index (χ3v) is 6.12. The van der Waals surface area contributed by atoms with Gasteiger partial charge in [0.1, 0.15) is 11.3 Å². The van der Waals surface area contributed by atoms with Crippen LogP contribution in [0.15, 0.2) is 18.2 Å². The van der Waals surface area contributed by atoms with E-state index in [-0.39, 0.29) is 23.8 Å². The summed E-state index contributed by atoms with van der Waals surface area (Å²) in [4.78, 5) is 10.7. The van der Waals surface area contributed by atoms with Gasteiger partial charge in [-0.2, -0.15) is 17.7 Å². The van der Waals surface area contributed by atoms with E-state index in [1.807, 2.05) is 12.1 Å². The lowest BCUT2D eigenvalue weighted by Crippen LogP contribution is -2.54. The van der Waals surface area contributed by atoms with Crippen LogP contribution in [0.4, 0.5) is 19.1 Å². The minimum absolute atomic E-state index is 0.148. The van der Waals surface area contributed by atoms with Crippen LogP contribution in [0.5, 0.6) is 5.75 Å². The molecule has 2 aliphatic heterocycles. The second kappa shape index (κ2) is 6.45. The third kappa shape index (κ3) is 3.06. The fourth-order valence-corrected chi connectivity index (χ4v) is 4.97. The zero-order valence-corrected chi connectivity index (χ0v) is 15.9. The number of nitrogens with two attached hydrogens (primary N) is 1. The Kier molecular flexibility index (Phi) is 4.09. The lowest BCUT2D eigenvalue weighted by Gasteiger charge is -2.49. The molecule has 1 saturated carbocycles. The van der Waals surface area contributed by atoms with Gasteiger partial charge in [0.2, 0.25) is 5.95 Å². The van der Waals surface area contributed by atoms with Crippen LogP contribution in [0.2, 0.25) is 0 Å². The lowest BCUT2D eigenvalue weighted by atomic mass is 9.72. The first-order valence-electron chi connectivity index (χ1n) is 9.63. The van der Waals surface area contributed by atoms with Crippen molar-refractivity contribution in [3.63, 3.8) is 0 Å². The average molecular weight is 406 g/mol. The predicted octanol–water partition coefficient (Wildman–Crippen LogP) is 3.00. The highest BCUT2D eigenvalue weighted by atomic mass is 19.4. The fourth-order valence-electron chi connectivity index (χ4n) is 4.97. The number of alkyl halides is 3. The molecule has 3 aliphatic rings. The number of hydrogen-bond donors (Lipinski definition) is 1. The summed E-state index contributed by atoms with van der Waals surface area (Å²) in [5.74, 6) is 1.37. The maximum Gasteiger partial charge on any atom is 0.401 e. The van der Waals surface area contributed by atoms with E-state index < -0.39 is 12.7 Å². The summed E-state index contributed by atoms with van der Waals surface area (Å²) in [6, 6.07) is 5.27.